The maximum atomic E-state index is 6.10. The number of morpholine rings is 1. The molecule has 0 bridgehead atoms. The number of anilines is 1. The zero-order valence-electron chi connectivity index (χ0n) is 18.0. The van der Waals surface area contributed by atoms with Crippen LogP contribution in [0.25, 0.3) is 0 Å². The first-order valence-corrected chi connectivity index (χ1v) is 10.4. The van der Waals surface area contributed by atoms with Gasteiger partial charge in [0.2, 0.25) is 5.95 Å². The van der Waals surface area contributed by atoms with E-state index in [0.717, 1.165) is 49.0 Å². The second-order valence-electron chi connectivity index (χ2n) is 8.08. The normalized spacial score (nSPS) is 17.1. The first-order chi connectivity index (χ1) is 14.6. The Morgan fingerprint density at radius 2 is 1.80 bits per heavy atom. The molecule has 0 spiro atoms. The molecule has 3 heterocycles. The topological polar surface area (TPSA) is 54.4 Å². The minimum Gasteiger partial charge on any atom is -0.369 e. The molecule has 0 unspecified atom stereocenters. The molecule has 30 heavy (non-hydrogen) atoms. The number of hydrogen-bond donors (Lipinski definition) is 0. The van der Waals surface area contributed by atoms with Gasteiger partial charge in [-0.3, -0.25) is 9.88 Å². The van der Waals surface area contributed by atoms with E-state index in [-0.39, 0.29) is 6.10 Å². The standard InChI is InChI=1S/C24H29N5O/c1-18-11-20(12-19-7-5-4-6-8-19)13-22(27-18)23-17-29(9-10-30-23)16-21-14-25-24(26-15-21)28(2)3/h4-8,11,13-15,23H,9-10,12,16-17H2,1-3H3/t23-/m1/s1. The molecule has 4 rings (SSSR count). The first-order valence-electron chi connectivity index (χ1n) is 10.4. The quantitative estimate of drug-likeness (QED) is 0.629. The molecule has 3 aromatic rings. The lowest BCUT2D eigenvalue weighted by atomic mass is 10.0. The van der Waals surface area contributed by atoms with Gasteiger partial charge in [-0.1, -0.05) is 30.3 Å². The fourth-order valence-electron chi connectivity index (χ4n) is 3.81. The highest BCUT2D eigenvalue weighted by molar-refractivity contribution is 5.30. The molecule has 1 atom stereocenters. The average molecular weight is 404 g/mol. The molecule has 0 radical (unpaired) electrons. The van der Waals surface area contributed by atoms with E-state index in [2.05, 4.69) is 64.3 Å². The highest BCUT2D eigenvalue weighted by Crippen LogP contribution is 2.24. The highest BCUT2D eigenvalue weighted by atomic mass is 16.5. The lowest BCUT2D eigenvalue weighted by Crippen LogP contribution is -2.38. The molecule has 1 aliphatic heterocycles. The summed E-state index contributed by atoms with van der Waals surface area (Å²) < 4.78 is 6.10. The average Bonchev–Trinajstić information content (AvgIpc) is 2.75. The number of nitrogens with zero attached hydrogens (tertiary/aromatic N) is 5. The van der Waals surface area contributed by atoms with E-state index in [0.29, 0.717) is 6.61 Å². The fourth-order valence-corrected chi connectivity index (χ4v) is 3.81. The predicted octanol–water partition coefficient (Wildman–Crippen LogP) is 3.41. The molecule has 1 aliphatic rings. The Morgan fingerprint density at radius 3 is 2.53 bits per heavy atom. The highest BCUT2D eigenvalue weighted by Gasteiger charge is 2.24. The Balaban J connectivity index is 1.45. The summed E-state index contributed by atoms with van der Waals surface area (Å²) in [5.41, 5.74) is 5.75. The van der Waals surface area contributed by atoms with E-state index in [1.165, 1.54) is 11.1 Å². The first kappa shape index (κ1) is 20.4. The van der Waals surface area contributed by atoms with Gasteiger partial charge in [0.15, 0.2) is 0 Å². The zero-order chi connectivity index (χ0) is 20.9. The van der Waals surface area contributed by atoms with Crippen LogP contribution in [0.2, 0.25) is 0 Å². The Labute approximate surface area is 178 Å². The second kappa shape index (κ2) is 9.32. The number of rotatable bonds is 6. The van der Waals surface area contributed by atoms with Crippen LogP contribution >= 0.6 is 0 Å². The lowest BCUT2D eigenvalue weighted by molar-refractivity contribution is -0.0351. The van der Waals surface area contributed by atoms with Crippen LogP contribution in [0.5, 0.6) is 0 Å². The third kappa shape index (κ3) is 5.20. The molecule has 1 fully saturated rings. The summed E-state index contributed by atoms with van der Waals surface area (Å²) in [5, 5.41) is 0. The van der Waals surface area contributed by atoms with Gasteiger partial charge in [0.05, 0.1) is 12.3 Å². The van der Waals surface area contributed by atoms with Crippen molar-refractivity contribution in [3.63, 3.8) is 0 Å². The molecule has 6 heteroatoms. The van der Waals surface area contributed by atoms with Crippen LogP contribution in [0.4, 0.5) is 5.95 Å². The third-order valence-corrected chi connectivity index (χ3v) is 5.26. The van der Waals surface area contributed by atoms with Crippen LogP contribution in [-0.4, -0.2) is 53.6 Å². The van der Waals surface area contributed by atoms with E-state index < -0.39 is 0 Å². The van der Waals surface area contributed by atoms with Crippen molar-refractivity contribution < 1.29 is 4.74 Å². The van der Waals surface area contributed by atoms with Crippen LogP contribution in [0.15, 0.2) is 54.9 Å². The molecule has 0 saturated carbocycles. The van der Waals surface area contributed by atoms with E-state index in [1.54, 1.807) is 0 Å². The Morgan fingerprint density at radius 1 is 1.03 bits per heavy atom. The number of aryl methyl sites for hydroxylation is 1. The van der Waals surface area contributed by atoms with Crippen molar-refractivity contribution in [2.24, 2.45) is 0 Å². The Kier molecular flexibility index (Phi) is 6.35. The summed E-state index contributed by atoms with van der Waals surface area (Å²) in [6.07, 6.45) is 4.71. The summed E-state index contributed by atoms with van der Waals surface area (Å²) in [7, 11) is 3.89. The molecular formula is C24H29N5O. The van der Waals surface area contributed by atoms with Crippen molar-refractivity contribution in [3.8, 4) is 0 Å². The molecule has 0 amide bonds. The number of benzene rings is 1. The molecule has 1 aromatic carbocycles. The molecule has 0 aliphatic carbocycles. The molecular weight excluding hydrogens is 374 g/mol. The lowest BCUT2D eigenvalue weighted by Gasteiger charge is -2.32. The SMILES string of the molecule is Cc1cc(Cc2ccccc2)cc([C@H]2CN(Cc3cnc(N(C)C)nc3)CCO2)n1. The summed E-state index contributed by atoms with van der Waals surface area (Å²) in [4.78, 5) is 17.9. The number of hydrogen-bond acceptors (Lipinski definition) is 6. The van der Waals surface area contributed by atoms with Gasteiger partial charge in [-0.05, 0) is 36.6 Å². The van der Waals surface area contributed by atoms with Crippen molar-refractivity contribution >= 4 is 5.95 Å². The number of pyridine rings is 1. The van der Waals surface area contributed by atoms with Crippen LogP contribution in [0, 0.1) is 6.92 Å². The largest absolute Gasteiger partial charge is 0.369 e. The predicted molar refractivity (Wildman–Crippen MR) is 119 cm³/mol. The van der Waals surface area contributed by atoms with Crippen molar-refractivity contribution in [1.82, 2.24) is 19.9 Å². The van der Waals surface area contributed by atoms with Crippen LogP contribution in [0.3, 0.4) is 0 Å². The molecule has 156 valence electrons. The van der Waals surface area contributed by atoms with Gasteiger partial charge in [-0.25, -0.2) is 9.97 Å². The summed E-state index contributed by atoms with van der Waals surface area (Å²) in [6.45, 7) is 5.29. The Bertz CT molecular complexity index is 959. The van der Waals surface area contributed by atoms with E-state index >= 15 is 0 Å². The molecule has 6 nitrogen and oxygen atoms in total. The monoisotopic (exact) mass is 403 g/mol. The van der Waals surface area contributed by atoms with Crippen LogP contribution in [0.1, 0.15) is 34.2 Å². The second-order valence-corrected chi connectivity index (χ2v) is 8.08. The Hall–Kier alpha value is -2.83. The van der Waals surface area contributed by atoms with Gasteiger partial charge in [0.1, 0.15) is 6.10 Å². The van der Waals surface area contributed by atoms with Gasteiger partial charge in [0.25, 0.3) is 0 Å². The maximum absolute atomic E-state index is 6.10. The molecule has 0 N–H and O–H groups in total. The van der Waals surface area contributed by atoms with Crippen molar-refractivity contribution in [2.75, 3.05) is 38.7 Å². The van der Waals surface area contributed by atoms with Crippen molar-refractivity contribution in [3.05, 3.63) is 82.9 Å². The number of ether oxygens (including phenoxy) is 1. The van der Waals surface area contributed by atoms with Crippen LogP contribution in [-0.2, 0) is 17.7 Å². The smallest absolute Gasteiger partial charge is 0.224 e. The van der Waals surface area contributed by atoms with Gasteiger partial charge >= 0.3 is 0 Å². The van der Waals surface area contributed by atoms with E-state index in [4.69, 9.17) is 9.72 Å². The van der Waals surface area contributed by atoms with E-state index in [9.17, 15) is 0 Å². The van der Waals surface area contributed by atoms with Gasteiger partial charge in [-0.15, -0.1) is 0 Å². The fraction of sp³-hybridized carbons (Fsp3) is 0.375. The summed E-state index contributed by atoms with van der Waals surface area (Å²) in [5.74, 6) is 0.730. The van der Waals surface area contributed by atoms with Gasteiger partial charge < -0.3 is 9.64 Å². The van der Waals surface area contributed by atoms with E-state index in [1.807, 2.05) is 31.4 Å². The van der Waals surface area contributed by atoms with Crippen molar-refractivity contribution in [1.29, 1.82) is 0 Å². The minimum atomic E-state index is -0.0184. The van der Waals surface area contributed by atoms with Crippen molar-refractivity contribution in [2.45, 2.75) is 26.0 Å². The zero-order valence-corrected chi connectivity index (χ0v) is 18.0. The third-order valence-electron chi connectivity index (χ3n) is 5.26. The molecule has 2 aromatic heterocycles. The summed E-state index contributed by atoms with van der Waals surface area (Å²) in [6, 6.07) is 14.9. The molecule has 1 saturated heterocycles. The van der Waals surface area contributed by atoms with Crippen LogP contribution < -0.4 is 4.90 Å². The van der Waals surface area contributed by atoms with Gasteiger partial charge in [-0.2, -0.15) is 0 Å². The summed E-state index contributed by atoms with van der Waals surface area (Å²) >= 11 is 0. The number of aromatic nitrogens is 3. The minimum absolute atomic E-state index is 0.0184. The van der Waals surface area contributed by atoms with Gasteiger partial charge in [0, 0.05) is 57.4 Å². The maximum Gasteiger partial charge on any atom is 0.224 e.